The summed E-state index contributed by atoms with van der Waals surface area (Å²) in [5.74, 6) is 0. The zero-order valence-corrected chi connectivity index (χ0v) is 14.3. The maximum absolute atomic E-state index is 12.3. The molecule has 0 unspecified atom stereocenters. The lowest BCUT2D eigenvalue weighted by atomic mass is 10.1. The van der Waals surface area contributed by atoms with Crippen molar-refractivity contribution in [1.82, 2.24) is 4.98 Å². The van der Waals surface area contributed by atoms with Crippen molar-refractivity contribution in [2.75, 3.05) is 4.72 Å². The Morgan fingerprint density at radius 2 is 1.90 bits per heavy atom. The number of thiazole rings is 1. The third-order valence-corrected chi connectivity index (χ3v) is 6.27. The molecule has 0 radical (unpaired) electrons. The largest absolute Gasteiger partial charge is 0.315 e. The number of sulfonamides is 1. The van der Waals surface area contributed by atoms with Gasteiger partial charge in [0, 0.05) is 10.2 Å². The number of aryl methyl sites for hydroxylation is 3. The summed E-state index contributed by atoms with van der Waals surface area (Å²) in [7, 11) is -3.77. The van der Waals surface area contributed by atoms with Crippen molar-refractivity contribution in [3.05, 3.63) is 43.1 Å². The van der Waals surface area contributed by atoms with Crippen molar-refractivity contribution >= 4 is 43.0 Å². The molecule has 0 spiro atoms. The van der Waals surface area contributed by atoms with Gasteiger partial charge in [0.2, 0.25) is 0 Å². The van der Waals surface area contributed by atoms with Gasteiger partial charge < -0.3 is 4.98 Å². The third-order valence-electron chi connectivity index (χ3n) is 2.69. The minimum Gasteiger partial charge on any atom is -0.315 e. The summed E-state index contributed by atoms with van der Waals surface area (Å²) in [6.07, 6.45) is 0. The second kappa shape index (κ2) is 5.34. The van der Waals surface area contributed by atoms with Crippen LogP contribution < -0.4 is 9.60 Å². The molecule has 0 saturated carbocycles. The van der Waals surface area contributed by atoms with Crippen LogP contribution in [-0.4, -0.2) is 13.4 Å². The molecule has 0 amide bonds. The number of aromatic nitrogens is 1. The number of nitrogens with one attached hydrogen (secondary N) is 2. The SMILES string of the molecule is Cc1cc(C)c(NS(=O)(=O)c2sc(=O)[nH]c2C)c(Br)c1. The lowest BCUT2D eigenvalue weighted by Crippen LogP contribution is -2.14. The smallest absolute Gasteiger partial charge is 0.306 e. The Morgan fingerprint density at radius 1 is 1.25 bits per heavy atom. The first kappa shape index (κ1) is 15.3. The van der Waals surface area contributed by atoms with Gasteiger partial charge >= 0.3 is 4.87 Å². The molecule has 2 aromatic rings. The van der Waals surface area contributed by atoms with Gasteiger partial charge in [-0.15, -0.1) is 0 Å². The molecule has 0 aliphatic carbocycles. The maximum atomic E-state index is 12.3. The summed E-state index contributed by atoms with van der Waals surface area (Å²) >= 11 is 4.03. The van der Waals surface area contributed by atoms with Gasteiger partial charge in [0.25, 0.3) is 10.0 Å². The number of aromatic amines is 1. The van der Waals surface area contributed by atoms with Crippen LogP contribution in [0.1, 0.15) is 16.8 Å². The predicted molar refractivity (Wildman–Crippen MR) is 84.1 cm³/mol. The van der Waals surface area contributed by atoms with Crippen molar-refractivity contribution in [2.45, 2.75) is 25.0 Å². The average molecular weight is 377 g/mol. The highest BCUT2D eigenvalue weighted by atomic mass is 79.9. The van der Waals surface area contributed by atoms with Gasteiger partial charge in [-0.1, -0.05) is 17.4 Å². The van der Waals surface area contributed by atoms with E-state index < -0.39 is 10.0 Å². The van der Waals surface area contributed by atoms with E-state index in [0.29, 0.717) is 27.2 Å². The number of hydrogen-bond donors (Lipinski definition) is 2. The number of rotatable bonds is 3. The van der Waals surface area contributed by atoms with Gasteiger partial charge in [0.1, 0.15) is 0 Å². The molecule has 1 aromatic heterocycles. The zero-order chi connectivity index (χ0) is 15.1. The Morgan fingerprint density at radius 3 is 2.40 bits per heavy atom. The van der Waals surface area contributed by atoms with Crippen LogP contribution >= 0.6 is 27.3 Å². The van der Waals surface area contributed by atoms with Crippen molar-refractivity contribution in [3.8, 4) is 0 Å². The first-order chi connectivity index (χ1) is 9.20. The monoisotopic (exact) mass is 376 g/mol. The Hall–Kier alpha value is -1.12. The lowest BCUT2D eigenvalue weighted by Gasteiger charge is -2.12. The zero-order valence-electron chi connectivity index (χ0n) is 11.1. The minimum absolute atomic E-state index is 0.00868. The third kappa shape index (κ3) is 2.97. The van der Waals surface area contributed by atoms with Crippen LogP contribution in [0, 0.1) is 20.8 Å². The summed E-state index contributed by atoms with van der Waals surface area (Å²) in [5.41, 5.74) is 2.66. The summed E-state index contributed by atoms with van der Waals surface area (Å²) in [5, 5.41) is 0. The van der Waals surface area contributed by atoms with Crippen LogP contribution in [-0.2, 0) is 10.0 Å². The van der Waals surface area contributed by atoms with Crippen molar-refractivity contribution < 1.29 is 8.42 Å². The van der Waals surface area contributed by atoms with Crippen molar-refractivity contribution in [2.24, 2.45) is 0 Å². The highest BCUT2D eigenvalue weighted by Crippen LogP contribution is 2.30. The van der Waals surface area contributed by atoms with Crippen molar-refractivity contribution in [3.63, 3.8) is 0 Å². The van der Waals surface area contributed by atoms with Crippen LogP contribution in [0.5, 0.6) is 0 Å². The second-order valence-electron chi connectivity index (χ2n) is 4.47. The number of H-pyrrole nitrogens is 1. The Kier molecular flexibility index (Phi) is 4.08. The number of hydrogen-bond acceptors (Lipinski definition) is 4. The summed E-state index contributed by atoms with van der Waals surface area (Å²) in [4.78, 5) is 13.3. The van der Waals surface area contributed by atoms with Gasteiger partial charge in [-0.25, -0.2) is 8.42 Å². The Bertz CT molecular complexity index is 798. The van der Waals surface area contributed by atoms with E-state index in [1.807, 2.05) is 26.0 Å². The van der Waals surface area contributed by atoms with E-state index in [1.54, 1.807) is 6.92 Å². The number of halogens is 1. The summed E-state index contributed by atoms with van der Waals surface area (Å²) in [6, 6.07) is 3.71. The molecular weight excluding hydrogens is 364 g/mol. The molecule has 1 heterocycles. The molecule has 2 N–H and O–H groups in total. The highest BCUT2D eigenvalue weighted by molar-refractivity contribution is 9.10. The van der Waals surface area contributed by atoms with E-state index in [1.165, 1.54) is 0 Å². The lowest BCUT2D eigenvalue weighted by molar-refractivity contribution is 0.602. The van der Waals surface area contributed by atoms with Crippen LogP contribution in [0.15, 0.2) is 25.6 Å². The summed E-state index contributed by atoms with van der Waals surface area (Å²) < 4.78 is 27.9. The van der Waals surface area contributed by atoms with E-state index in [9.17, 15) is 13.2 Å². The Labute approximate surface area is 129 Å². The van der Waals surface area contributed by atoms with Gasteiger partial charge in [0.05, 0.1) is 5.69 Å². The van der Waals surface area contributed by atoms with Crippen LogP contribution in [0.2, 0.25) is 0 Å². The molecule has 0 aliphatic heterocycles. The van der Waals surface area contributed by atoms with E-state index in [4.69, 9.17) is 0 Å². The number of anilines is 1. The molecule has 2 rings (SSSR count). The van der Waals surface area contributed by atoms with Crippen LogP contribution in [0.4, 0.5) is 5.69 Å². The topological polar surface area (TPSA) is 79.0 Å². The average Bonchev–Trinajstić information content (AvgIpc) is 2.64. The van der Waals surface area contributed by atoms with E-state index in [0.717, 1.165) is 11.1 Å². The molecule has 0 saturated heterocycles. The predicted octanol–water partition coefficient (Wildman–Crippen LogP) is 2.92. The second-order valence-corrected chi connectivity index (χ2v) is 8.19. The molecule has 0 aliphatic rings. The molecule has 0 atom stereocenters. The molecule has 1 aromatic carbocycles. The fraction of sp³-hybridized carbons (Fsp3) is 0.250. The van der Waals surface area contributed by atoms with Gasteiger partial charge in [0.15, 0.2) is 4.21 Å². The van der Waals surface area contributed by atoms with E-state index >= 15 is 0 Å². The van der Waals surface area contributed by atoms with Gasteiger partial charge in [-0.3, -0.25) is 9.52 Å². The van der Waals surface area contributed by atoms with E-state index in [2.05, 4.69) is 25.6 Å². The fourth-order valence-electron chi connectivity index (χ4n) is 1.87. The fourth-order valence-corrected chi connectivity index (χ4v) is 5.23. The molecule has 8 heteroatoms. The molecule has 0 fully saturated rings. The summed E-state index contributed by atoms with van der Waals surface area (Å²) in [6.45, 7) is 5.31. The molecule has 108 valence electrons. The normalized spacial score (nSPS) is 11.6. The molecule has 20 heavy (non-hydrogen) atoms. The number of benzene rings is 1. The first-order valence-electron chi connectivity index (χ1n) is 5.70. The standard InChI is InChI=1S/C12H13BrN2O3S2/c1-6-4-7(2)10(9(13)5-6)15-20(17,18)11-8(3)14-12(16)19-11/h4-5,15H,1-3H3,(H,14,16). The van der Waals surface area contributed by atoms with Crippen LogP contribution in [0.25, 0.3) is 0 Å². The van der Waals surface area contributed by atoms with Gasteiger partial charge in [-0.05, 0) is 53.9 Å². The molecule has 5 nitrogen and oxygen atoms in total. The first-order valence-corrected chi connectivity index (χ1v) is 8.79. The minimum atomic E-state index is -3.77. The highest BCUT2D eigenvalue weighted by Gasteiger charge is 2.22. The maximum Gasteiger partial charge on any atom is 0.306 e. The Balaban J connectivity index is 2.49. The van der Waals surface area contributed by atoms with E-state index in [-0.39, 0.29) is 9.08 Å². The quantitative estimate of drug-likeness (QED) is 0.863. The van der Waals surface area contributed by atoms with Crippen LogP contribution in [0.3, 0.4) is 0 Å². The van der Waals surface area contributed by atoms with Crippen molar-refractivity contribution in [1.29, 1.82) is 0 Å². The molecular formula is C12H13BrN2O3S2. The van der Waals surface area contributed by atoms with Gasteiger partial charge in [-0.2, -0.15) is 0 Å². The molecule has 0 bridgehead atoms.